The molecule has 0 saturated carbocycles. The summed E-state index contributed by atoms with van der Waals surface area (Å²) in [7, 11) is -0.501. The van der Waals surface area contributed by atoms with Gasteiger partial charge in [0.05, 0.1) is 17.8 Å². The van der Waals surface area contributed by atoms with Crippen molar-refractivity contribution < 1.29 is 24.3 Å². The average Bonchev–Trinajstić information content (AvgIpc) is 2.88. The smallest absolute Gasteiger partial charge is 0.399 e. The molecule has 3 heterocycles. The van der Waals surface area contributed by atoms with Gasteiger partial charge in [0.25, 0.3) is 5.91 Å². The molecular weight excluding hydrogens is 351 g/mol. The van der Waals surface area contributed by atoms with Crippen molar-refractivity contribution in [3.8, 4) is 0 Å². The SMILES string of the molecule is CC1(C)OB(c2cnc(N3CCN(C(=O)C(O)CO)CC3)nc2)OC1(C)C. The molecule has 2 fully saturated rings. The zero-order valence-corrected chi connectivity index (χ0v) is 16.3. The van der Waals surface area contributed by atoms with Crippen LogP contribution in [-0.2, 0) is 14.1 Å². The number of carbonyl (C=O) groups is 1. The van der Waals surface area contributed by atoms with Crippen molar-refractivity contribution in [3.63, 3.8) is 0 Å². The van der Waals surface area contributed by atoms with Crippen LogP contribution in [0.25, 0.3) is 0 Å². The molecule has 2 aliphatic heterocycles. The molecule has 0 radical (unpaired) electrons. The van der Waals surface area contributed by atoms with E-state index in [4.69, 9.17) is 14.4 Å². The van der Waals surface area contributed by atoms with Gasteiger partial charge in [0.15, 0.2) is 6.10 Å². The lowest BCUT2D eigenvalue weighted by molar-refractivity contribution is -0.142. The van der Waals surface area contributed by atoms with Crippen molar-refractivity contribution in [1.82, 2.24) is 14.9 Å². The maximum Gasteiger partial charge on any atom is 0.498 e. The van der Waals surface area contributed by atoms with Crippen LogP contribution < -0.4 is 10.4 Å². The van der Waals surface area contributed by atoms with Crippen LogP contribution in [0.5, 0.6) is 0 Å². The van der Waals surface area contributed by atoms with Crippen molar-refractivity contribution in [1.29, 1.82) is 0 Å². The van der Waals surface area contributed by atoms with Crippen LogP contribution in [0.1, 0.15) is 27.7 Å². The predicted octanol–water partition coefficient (Wildman–Crippen LogP) is -1.22. The van der Waals surface area contributed by atoms with Gasteiger partial charge in [-0.05, 0) is 27.7 Å². The Bertz CT molecular complexity index is 660. The normalized spacial score (nSPS) is 22.8. The summed E-state index contributed by atoms with van der Waals surface area (Å²) in [6, 6.07) is 0. The van der Waals surface area contributed by atoms with E-state index in [1.807, 2.05) is 32.6 Å². The second-order valence-electron chi connectivity index (χ2n) is 7.92. The number of amides is 1. The summed E-state index contributed by atoms with van der Waals surface area (Å²) in [5.74, 6) is 0.124. The van der Waals surface area contributed by atoms with Crippen molar-refractivity contribution in [2.45, 2.75) is 45.0 Å². The number of rotatable bonds is 4. The first-order valence-corrected chi connectivity index (χ1v) is 9.15. The van der Waals surface area contributed by atoms with Crippen LogP contribution in [0.4, 0.5) is 5.95 Å². The highest BCUT2D eigenvalue weighted by Gasteiger charge is 2.52. The largest absolute Gasteiger partial charge is 0.498 e. The first-order valence-electron chi connectivity index (χ1n) is 9.15. The van der Waals surface area contributed by atoms with Crippen LogP contribution >= 0.6 is 0 Å². The molecule has 2 aliphatic rings. The fourth-order valence-corrected chi connectivity index (χ4v) is 3.01. The Kier molecular flexibility index (Phi) is 5.44. The summed E-state index contributed by atoms with van der Waals surface area (Å²) < 4.78 is 12.0. The fraction of sp³-hybridized carbons (Fsp3) is 0.706. The topological polar surface area (TPSA) is 108 Å². The lowest BCUT2D eigenvalue weighted by Gasteiger charge is -2.35. The first-order chi connectivity index (χ1) is 12.6. The number of nitrogens with zero attached hydrogens (tertiary/aromatic N) is 4. The number of anilines is 1. The van der Waals surface area contributed by atoms with E-state index in [2.05, 4.69) is 9.97 Å². The van der Waals surface area contributed by atoms with E-state index in [0.717, 1.165) is 5.46 Å². The molecule has 2 saturated heterocycles. The summed E-state index contributed by atoms with van der Waals surface area (Å²) in [6.07, 6.45) is 2.06. The summed E-state index contributed by atoms with van der Waals surface area (Å²) >= 11 is 0. The standard InChI is InChI=1S/C17H27BN4O5/c1-16(2)17(3,4)27-18(26-16)12-9-19-15(20-10-12)22-7-5-21(6-8-22)14(25)13(24)11-23/h9-10,13,23-24H,5-8,11H2,1-4H3. The Labute approximate surface area is 159 Å². The molecule has 148 valence electrons. The maximum absolute atomic E-state index is 11.9. The zero-order chi connectivity index (χ0) is 19.8. The van der Waals surface area contributed by atoms with Crippen molar-refractivity contribution in [2.75, 3.05) is 37.7 Å². The zero-order valence-electron chi connectivity index (χ0n) is 16.3. The number of hydrogen-bond acceptors (Lipinski definition) is 8. The molecular formula is C17H27BN4O5. The highest BCUT2D eigenvalue weighted by atomic mass is 16.7. The predicted molar refractivity (Wildman–Crippen MR) is 99.6 cm³/mol. The minimum Gasteiger partial charge on any atom is -0.399 e. The van der Waals surface area contributed by atoms with Crippen molar-refractivity contribution in [2.24, 2.45) is 0 Å². The van der Waals surface area contributed by atoms with E-state index in [9.17, 15) is 9.90 Å². The molecule has 1 atom stereocenters. The first kappa shape index (κ1) is 20.0. The van der Waals surface area contributed by atoms with Gasteiger partial charge in [-0.3, -0.25) is 4.79 Å². The van der Waals surface area contributed by atoms with Crippen LogP contribution in [-0.4, -0.2) is 88.2 Å². The monoisotopic (exact) mass is 378 g/mol. The third-order valence-corrected chi connectivity index (χ3v) is 5.52. The van der Waals surface area contributed by atoms with Gasteiger partial charge in [0, 0.05) is 44.0 Å². The molecule has 27 heavy (non-hydrogen) atoms. The van der Waals surface area contributed by atoms with Crippen molar-refractivity contribution >= 4 is 24.4 Å². The fourth-order valence-electron chi connectivity index (χ4n) is 3.01. The molecule has 0 bridgehead atoms. The van der Waals surface area contributed by atoms with E-state index < -0.39 is 36.9 Å². The Morgan fingerprint density at radius 2 is 1.67 bits per heavy atom. The summed E-state index contributed by atoms with van der Waals surface area (Å²) in [6.45, 7) is 9.42. The number of piperazine rings is 1. The number of hydrogen-bond donors (Lipinski definition) is 2. The quantitative estimate of drug-likeness (QED) is 0.628. The number of carbonyl (C=O) groups excluding carboxylic acids is 1. The Hall–Kier alpha value is -1.75. The van der Waals surface area contributed by atoms with Gasteiger partial charge < -0.3 is 29.3 Å². The summed E-state index contributed by atoms with van der Waals surface area (Å²) in [5.41, 5.74) is -0.0753. The van der Waals surface area contributed by atoms with E-state index >= 15 is 0 Å². The number of aliphatic hydroxyl groups excluding tert-OH is 2. The average molecular weight is 378 g/mol. The molecule has 9 nitrogen and oxygen atoms in total. The maximum atomic E-state index is 11.9. The van der Waals surface area contributed by atoms with Crippen LogP contribution in [0.2, 0.25) is 0 Å². The van der Waals surface area contributed by atoms with E-state index in [-0.39, 0.29) is 0 Å². The van der Waals surface area contributed by atoms with Gasteiger partial charge in [-0.1, -0.05) is 0 Å². The Morgan fingerprint density at radius 3 is 2.15 bits per heavy atom. The number of aromatic nitrogens is 2. The lowest BCUT2D eigenvalue weighted by atomic mass is 9.81. The van der Waals surface area contributed by atoms with Crippen LogP contribution in [0.15, 0.2) is 12.4 Å². The highest BCUT2D eigenvalue weighted by molar-refractivity contribution is 6.61. The van der Waals surface area contributed by atoms with Gasteiger partial charge in [-0.2, -0.15) is 0 Å². The molecule has 1 amide bonds. The van der Waals surface area contributed by atoms with Crippen LogP contribution in [0.3, 0.4) is 0 Å². The lowest BCUT2D eigenvalue weighted by Crippen LogP contribution is -2.52. The van der Waals surface area contributed by atoms with E-state index in [1.54, 1.807) is 12.4 Å². The highest BCUT2D eigenvalue weighted by Crippen LogP contribution is 2.36. The minimum absolute atomic E-state index is 0.418. The van der Waals surface area contributed by atoms with Crippen LogP contribution in [0, 0.1) is 0 Å². The molecule has 2 N–H and O–H groups in total. The second-order valence-corrected chi connectivity index (χ2v) is 7.92. The number of aliphatic hydroxyl groups is 2. The van der Waals surface area contributed by atoms with Gasteiger partial charge in [-0.25, -0.2) is 9.97 Å². The molecule has 0 spiro atoms. The molecule has 0 aliphatic carbocycles. The van der Waals surface area contributed by atoms with Gasteiger partial charge in [0.2, 0.25) is 5.95 Å². The Balaban J connectivity index is 1.60. The molecule has 1 aromatic heterocycles. The molecule has 1 aromatic rings. The van der Waals surface area contributed by atoms with E-state index in [0.29, 0.717) is 32.1 Å². The Morgan fingerprint density at radius 1 is 1.15 bits per heavy atom. The molecule has 1 unspecified atom stereocenters. The summed E-state index contributed by atoms with van der Waals surface area (Å²) in [5, 5.41) is 18.4. The third-order valence-electron chi connectivity index (χ3n) is 5.52. The van der Waals surface area contributed by atoms with Gasteiger partial charge >= 0.3 is 7.12 Å². The van der Waals surface area contributed by atoms with Gasteiger partial charge in [-0.15, -0.1) is 0 Å². The van der Waals surface area contributed by atoms with Crippen molar-refractivity contribution in [3.05, 3.63) is 12.4 Å². The third kappa shape index (κ3) is 3.93. The van der Waals surface area contributed by atoms with E-state index in [1.165, 1.54) is 4.90 Å². The minimum atomic E-state index is -1.35. The molecule has 3 rings (SSSR count). The summed E-state index contributed by atoms with van der Waals surface area (Å²) in [4.78, 5) is 24.3. The molecule has 0 aromatic carbocycles. The molecule has 10 heteroatoms. The second kappa shape index (κ2) is 7.35. The van der Waals surface area contributed by atoms with Gasteiger partial charge in [0.1, 0.15) is 0 Å².